The zero-order valence-corrected chi connectivity index (χ0v) is 29.5. The molecular weight excluding hydrogens is 614 g/mol. The molecule has 0 aromatic carbocycles. The molecule has 4 atom stereocenters. The third-order valence-electron chi connectivity index (χ3n) is 6.23. The van der Waals surface area contributed by atoms with E-state index in [1.807, 2.05) is 27.7 Å². The Hall–Kier alpha value is -3.79. The van der Waals surface area contributed by atoms with Gasteiger partial charge < -0.3 is 47.0 Å². The van der Waals surface area contributed by atoms with E-state index in [1.165, 1.54) is 11.8 Å². The average molecular weight is 674 g/mol. The fourth-order valence-electron chi connectivity index (χ4n) is 3.59. The van der Waals surface area contributed by atoms with Crippen LogP contribution < -0.4 is 31.9 Å². The predicted molar refractivity (Wildman–Crippen MR) is 177 cm³/mol. The molecule has 47 heavy (non-hydrogen) atoms. The maximum atomic E-state index is 12.6. The Labute approximate surface area is 278 Å². The Morgan fingerprint density at radius 2 is 1.28 bits per heavy atom. The first kappa shape index (κ1) is 45.3. The van der Waals surface area contributed by atoms with Crippen molar-refractivity contribution in [2.24, 2.45) is 5.92 Å². The zero-order valence-electron chi connectivity index (χ0n) is 29.5. The summed E-state index contributed by atoms with van der Waals surface area (Å²) >= 11 is 0. The number of aliphatic hydroxyl groups is 1. The summed E-state index contributed by atoms with van der Waals surface area (Å²) < 4.78 is 0. The van der Waals surface area contributed by atoms with Gasteiger partial charge in [-0.25, -0.2) is 0 Å². The first-order chi connectivity index (χ1) is 21.9. The topological polar surface area (TPSA) is 235 Å². The number of rotatable bonds is 16. The molecule has 8 N–H and O–H groups in total. The van der Waals surface area contributed by atoms with Crippen molar-refractivity contribution in [1.29, 1.82) is 0 Å². The lowest BCUT2D eigenvalue weighted by atomic mass is 10.1. The summed E-state index contributed by atoms with van der Waals surface area (Å²) in [5.41, 5.74) is 0. The van der Waals surface area contributed by atoms with E-state index in [0.717, 1.165) is 12.3 Å². The number of aliphatic hydroxyl groups excluding tert-OH is 1. The zero-order chi connectivity index (χ0) is 36.7. The minimum atomic E-state index is -1.38. The molecule has 0 aliphatic carbocycles. The maximum Gasteiger partial charge on any atom is 0.303 e. The lowest BCUT2D eigenvalue weighted by molar-refractivity contribution is -0.138. The summed E-state index contributed by atoms with van der Waals surface area (Å²) in [5.74, 6) is -3.14. The summed E-state index contributed by atoms with van der Waals surface area (Å²) in [6.45, 7) is 16.3. The van der Waals surface area contributed by atoms with Crippen molar-refractivity contribution < 1.29 is 43.8 Å². The second kappa shape index (κ2) is 25.3. The van der Waals surface area contributed by atoms with E-state index in [4.69, 9.17) is 5.11 Å². The highest BCUT2D eigenvalue weighted by Crippen LogP contribution is 2.17. The van der Waals surface area contributed by atoms with Crippen LogP contribution in [0, 0.1) is 5.92 Å². The van der Waals surface area contributed by atoms with Crippen molar-refractivity contribution in [1.82, 2.24) is 36.8 Å². The van der Waals surface area contributed by atoms with Crippen molar-refractivity contribution in [3.8, 4) is 0 Å². The van der Waals surface area contributed by atoms with E-state index in [0.29, 0.717) is 19.4 Å². The van der Waals surface area contributed by atoms with E-state index < -0.39 is 60.9 Å². The normalized spacial score (nSPS) is 15.5. The van der Waals surface area contributed by atoms with E-state index in [1.54, 1.807) is 6.92 Å². The smallest absolute Gasteiger partial charge is 0.303 e. The van der Waals surface area contributed by atoms with Crippen LogP contribution in [0.1, 0.15) is 88.0 Å². The highest BCUT2D eigenvalue weighted by molar-refractivity contribution is 5.94. The van der Waals surface area contributed by atoms with Crippen LogP contribution in [0.15, 0.2) is 0 Å². The minimum absolute atomic E-state index is 0.0362. The largest absolute Gasteiger partial charge is 0.481 e. The average Bonchev–Trinajstić information content (AvgIpc) is 3.49. The van der Waals surface area contributed by atoms with Crippen LogP contribution in [0.25, 0.3) is 0 Å². The number of likely N-dealkylation sites (tertiary alicyclic amines) is 1. The number of carboxylic acid groups (broad SMARTS) is 1. The molecule has 0 spiro atoms. The lowest BCUT2D eigenvalue weighted by Gasteiger charge is -2.25. The van der Waals surface area contributed by atoms with E-state index in [9.17, 15) is 38.7 Å². The quantitative estimate of drug-likeness (QED) is 0.102. The Bertz CT molecular complexity index is 1000. The van der Waals surface area contributed by atoms with Crippen LogP contribution in [-0.4, -0.2) is 120 Å². The molecule has 0 saturated carbocycles. The van der Waals surface area contributed by atoms with Crippen LogP contribution in [-0.2, 0) is 33.6 Å². The van der Waals surface area contributed by atoms with E-state index >= 15 is 0 Å². The number of nitrogens with one attached hydrogen (secondary N) is 6. The molecule has 1 rings (SSSR count). The molecule has 4 unspecified atom stereocenters. The number of amides is 6. The third-order valence-corrected chi connectivity index (χ3v) is 6.23. The van der Waals surface area contributed by atoms with Gasteiger partial charge in [0, 0.05) is 25.0 Å². The van der Waals surface area contributed by atoms with Gasteiger partial charge in [-0.05, 0) is 39.0 Å². The van der Waals surface area contributed by atoms with Gasteiger partial charge >= 0.3 is 5.97 Å². The standard InChI is InChI=1S/C24H43N7O7.C4H10.C3H6O2/c1-6-15(4)29-19(34)11-26-18(33)10-28-24(38)22(16(5)32)30-20(35)12-27-23(37)17-8-7-9-31(17)21(36)13-25-14(2)3;1-4(2)3;1-2-3(4)5/h14-17,22,25,32H,6-13H2,1-5H3,(H,26,33)(H,27,37)(H,28,38)(H,29,34)(H,30,35);4H,1-3H3;2H2,1H3,(H,4,5). The summed E-state index contributed by atoms with van der Waals surface area (Å²) in [5, 5.41) is 32.8. The van der Waals surface area contributed by atoms with Crippen molar-refractivity contribution in [2.75, 3.05) is 32.7 Å². The maximum absolute atomic E-state index is 12.6. The molecule has 16 nitrogen and oxygen atoms in total. The summed E-state index contributed by atoms with van der Waals surface area (Å²) in [6, 6.07) is -1.99. The number of hydrogen-bond acceptors (Lipinski definition) is 9. The fraction of sp³-hybridized carbons (Fsp3) is 0.774. The Balaban J connectivity index is 0. The highest BCUT2D eigenvalue weighted by Gasteiger charge is 2.34. The van der Waals surface area contributed by atoms with Crippen LogP contribution >= 0.6 is 0 Å². The number of hydrogen-bond donors (Lipinski definition) is 8. The number of carboxylic acids is 1. The summed E-state index contributed by atoms with van der Waals surface area (Å²) in [6.07, 6.45) is 0.801. The fourth-order valence-corrected chi connectivity index (χ4v) is 3.59. The van der Waals surface area contributed by atoms with Gasteiger partial charge in [0.25, 0.3) is 0 Å². The van der Waals surface area contributed by atoms with Gasteiger partial charge in [-0.2, -0.15) is 0 Å². The molecule has 1 aliphatic heterocycles. The van der Waals surface area contributed by atoms with Gasteiger partial charge in [-0.15, -0.1) is 0 Å². The number of carbonyl (C=O) groups excluding carboxylic acids is 6. The van der Waals surface area contributed by atoms with Gasteiger partial charge in [0.2, 0.25) is 35.4 Å². The summed E-state index contributed by atoms with van der Waals surface area (Å²) in [4.78, 5) is 84.4. The van der Waals surface area contributed by atoms with E-state index in [2.05, 4.69) is 52.7 Å². The SMILES string of the molecule is CC(C)C.CCC(=O)O.CCC(C)NC(=O)CNC(=O)CNC(=O)C(NC(=O)CNC(=O)C1CCCN1C(=O)CNC(C)C)C(C)O. The van der Waals surface area contributed by atoms with Crippen LogP contribution in [0.5, 0.6) is 0 Å². The van der Waals surface area contributed by atoms with Gasteiger partial charge in [0.15, 0.2) is 0 Å². The molecule has 6 amide bonds. The lowest BCUT2D eigenvalue weighted by Crippen LogP contribution is -2.56. The molecule has 1 fully saturated rings. The predicted octanol–water partition coefficient (Wildman–Crippen LogP) is -0.752. The van der Waals surface area contributed by atoms with Gasteiger partial charge in [-0.1, -0.05) is 48.5 Å². The molecule has 1 heterocycles. The second-order valence-corrected chi connectivity index (χ2v) is 12.1. The molecule has 0 aromatic heterocycles. The van der Waals surface area contributed by atoms with Gasteiger partial charge in [0.05, 0.1) is 32.3 Å². The van der Waals surface area contributed by atoms with Gasteiger partial charge in [-0.3, -0.25) is 33.6 Å². The molecule has 1 aliphatic rings. The monoisotopic (exact) mass is 673 g/mol. The number of carbonyl (C=O) groups is 7. The van der Waals surface area contributed by atoms with Crippen LogP contribution in [0.4, 0.5) is 0 Å². The van der Waals surface area contributed by atoms with Crippen molar-refractivity contribution in [3.05, 3.63) is 0 Å². The molecular formula is C31H59N7O9. The van der Waals surface area contributed by atoms with Crippen LogP contribution in [0.3, 0.4) is 0 Å². The molecule has 0 bridgehead atoms. The molecule has 0 radical (unpaired) electrons. The Morgan fingerprint density at radius 3 is 1.77 bits per heavy atom. The molecule has 272 valence electrons. The highest BCUT2D eigenvalue weighted by atomic mass is 16.4. The van der Waals surface area contributed by atoms with Gasteiger partial charge in [0.1, 0.15) is 12.1 Å². The molecule has 16 heteroatoms. The van der Waals surface area contributed by atoms with Crippen molar-refractivity contribution in [2.45, 2.75) is 118 Å². The van der Waals surface area contributed by atoms with Crippen molar-refractivity contribution >= 4 is 41.4 Å². The third kappa shape index (κ3) is 23.2. The molecule has 1 saturated heterocycles. The molecule has 0 aromatic rings. The van der Waals surface area contributed by atoms with E-state index in [-0.39, 0.29) is 43.4 Å². The Kier molecular flexibility index (Phi) is 24.4. The number of aliphatic carboxylic acids is 1. The minimum Gasteiger partial charge on any atom is -0.481 e. The van der Waals surface area contributed by atoms with Crippen molar-refractivity contribution in [3.63, 3.8) is 0 Å². The Morgan fingerprint density at radius 1 is 0.766 bits per heavy atom. The van der Waals surface area contributed by atoms with Crippen LogP contribution in [0.2, 0.25) is 0 Å². The second-order valence-electron chi connectivity index (χ2n) is 12.1. The number of nitrogens with zero attached hydrogens (tertiary/aromatic N) is 1. The first-order valence-electron chi connectivity index (χ1n) is 16.2. The first-order valence-corrected chi connectivity index (χ1v) is 16.2. The summed E-state index contributed by atoms with van der Waals surface area (Å²) in [7, 11) is 0.